The van der Waals surface area contributed by atoms with Gasteiger partial charge in [-0.2, -0.15) is 26.3 Å². The van der Waals surface area contributed by atoms with Gasteiger partial charge in [-0.15, -0.1) is 0 Å². The maximum Gasteiger partial charge on any atom is 0.490 e. The van der Waals surface area contributed by atoms with Gasteiger partial charge in [0, 0.05) is 12.4 Å². The molecule has 1 fully saturated rings. The number of rotatable bonds is 2. The quantitative estimate of drug-likeness (QED) is 0.393. The summed E-state index contributed by atoms with van der Waals surface area (Å²) >= 11 is 0. The monoisotopic (exact) mass is 492 g/mol. The van der Waals surface area contributed by atoms with Gasteiger partial charge in [0.25, 0.3) is 0 Å². The molecule has 0 aliphatic carbocycles. The Bertz CT molecular complexity index is 1090. The van der Waals surface area contributed by atoms with Crippen LogP contribution < -0.4 is 5.32 Å². The van der Waals surface area contributed by atoms with Gasteiger partial charge in [-0.1, -0.05) is 6.07 Å². The van der Waals surface area contributed by atoms with E-state index in [-0.39, 0.29) is 0 Å². The van der Waals surface area contributed by atoms with E-state index in [1.807, 2.05) is 24.5 Å². The van der Waals surface area contributed by atoms with Gasteiger partial charge in [0.05, 0.1) is 17.1 Å². The Morgan fingerprint density at radius 1 is 0.912 bits per heavy atom. The smallest absolute Gasteiger partial charge is 0.475 e. The number of benzene rings is 1. The number of carbonyl (C=O) groups is 2. The first-order valence-corrected chi connectivity index (χ1v) is 9.52. The van der Waals surface area contributed by atoms with Crippen LogP contribution >= 0.6 is 0 Å². The summed E-state index contributed by atoms with van der Waals surface area (Å²) in [5.41, 5.74) is 4.50. The first-order valence-electron chi connectivity index (χ1n) is 9.52. The maximum absolute atomic E-state index is 10.6. The number of nitrogens with zero attached hydrogens (tertiary/aromatic N) is 2. The van der Waals surface area contributed by atoms with Gasteiger partial charge in [-0.25, -0.2) is 14.6 Å². The molecule has 0 spiro atoms. The third-order valence-corrected chi connectivity index (χ3v) is 4.39. The third-order valence-electron chi connectivity index (χ3n) is 4.39. The highest BCUT2D eigenvalue weighted by atomic mass is 19.4. The molecule has 2 aromatic heterocycles. The second-order valence-corrected chi connectivity index (χ2v) is 6.84. The number of aromatic amines is 1. The largest absolute Gasteiger partial charge is 0.490 e. The van der Waals surface area contributed by atoms with Crippen molar-refractivity contribution in [1.29, 1.82) is 0 Å². The molecule has 0 saturated carbocycles. The van der Waals surface area contributed by atoms with E-state index in [4.69, 9.17) is 24.8 Å². The Morgan fingerprint density at radius 3 is 1.94 bits per heavy atom. The molecule has 4 N–H and O–H groups in total. The summed E-state index contributed by atoms with van der Waals surface area (Å²) in [7, 11) is 0. The molecule has 0 bridgehead atoms. The fraction of sp³-hybridized carbons (Fsp3) is 0.300. The molecule has 0 radical (unpaired) electrons. The number of H-pyrrole nitrogens is 1. The van der Waals surface area contributed by atoms with Crippen molar-refractivity contribution >= 4 is 23.0 Å². The van der Waals surface area contributed by atoms with Crippen LogP contribution in [-0.4, -0.2) is 56.0 Å². The number of carboxylic acids is 2. The summed E-state index contributed by atoms with van der Waals surface area (Å²) in [5, 5.41) is 17.7. The van der Waals surface area contributed by atoms with Crippen molar-refractivity contribution in [3.8, 4) is 11.1 Å². The lowest BCUT2D eigenvalue weighted by Gasteiger charge is -2.04. The van der Waals surface area contributed by atoms with E-state index in [2.05, 4.69) is 33.5 Å². The van der Waals surface area contributed by atoms with E-state index < -0.39 is 24.3 Å². The molecule has 1 saturated heterocycles. The van der Waals surface area contributed by atoms with Crippen LogP contribution in [0.3, 0.4) is 0 Å². The highest BCUT2D eigenvalue weighted by molar-refractivity contribution is 5.82. The molecular weight excluding hydrogens is 474 g/mol. The number of halogens is 6. The SMILES string of the molecule is O=C(O)C(F)(F)F.O=C(O)C(F)(F)F.c1cc(-c2ccc3nc([C@@H]4CCCN4)[nH]c3c2)ccn1. The van der Waals surface area contributed by atoms with Crippen LogP contribution in [0.25, 0.3) is 22.2 Å². The molecule has 1 aliphatic rings. The highest BCUT2D eigenvalue weighted by Gasteiger charge is 2.38. The number of fused-ring (bicyclic) bond motifs is 1. The predicted octanol–water partition coefficient (Wildman–Crippen LogP) is 4.32. The van der Waals surface area contributed by atoms with Crippen LogP contribution in [0.4, 0.5) is 26.3 Å². The summed E-state index contributed by atoms with van der Waals surface area (Å²) < 4.78 is 63.5. The Hall–Kier alpha value is -3.68. The van der Waals surface area contributed by atoms with E-state index in [1.165, 1.54) is 17.5 Å². The molecule has 3 aromatic rings. The molecule has 3 heterocycles. The number of hydrogen-bond acceptors (Lipinski definition) is 5. The lowest BCUT2D eigenvalue weighted by atomic mass is 10.1. The molecule has 8 nitrogen and oxygen atoms in total. The van der Waals surface area contributed by atoms with Crippen molar-refractivity contribution in [2.75, 3.05) is 6.54 Å². The molecular formula is C20H18F6N4O4. The number of hydrogen-bond donors (Lipinski definition) is 4. The van der Waals surface area contributed by atoms with Gasteiger partial charge in [-0.3, -0.25) is 4.98 Å². The average molecular weight is 492 g/mol. The highest BCUT2D eigenvalue weighted by Crippen LogP contribution is 2.26. The first-order chi connectivity index (χ1) is 15.8. The van der Waals surface area contributed by atoms with Crippen LogP contribution in [0.1, 0.15) is 24.7 Å². The van der Waals surface area contributed by atoms with Crippen LogP contribution in [0, 0.1) is 0 Å². The van der Waals surface area contributed by atoms with Crippen molar-refractivity contribution in [3.63, 3.8) is 0 Å². The van der Waals surface area contributed by atoms with Gasteiger partial charge >= 0.3 is 24.3 Å². The van der Waals surface area contributed by atoms with Crippen molar-refractivity contribution in [3.05, 3.63) is 48.5 Å². The Kier molecular flexibility index (Phi) is 8.57. The molecule has 0 amide bonds. The van der Waals surface area contributed by atoms with Crippen molar-refractivity contribution < 1.29 is 46.1 Å². The molecule has 0 unspecified atom stereocenters. The summed E-state index contributed by atoms with van der Waals surface area (Å²) in [5.74, 6) is -4.45. The van der Waals surface area contributed by atoms with Crippen LogP contribution in [0.2, 0.25) is 0 Å². The Balaban J connectivity index is 0.000000244. The van der Waals surface area contributed by atoms with E-state index in [9.17, 15) is 26.3 Å². The number of alkyl halides is 6. The number of aromatic nitrogens is 3. The molecule has 34 heavy (non-hydrogen) atoms. The van der Waals surface area contributed by atoms with Gasteiger partial charge in [-0.05, 0) is 54.8 Å². The zero-order valence-electron chi connectivity index (χ0n) is 17.1. The third kappa shape index (κ3) is 7.72. The lowest BCUT2D eigenvalue weighted by Crippen LogP contribution is -2.21. The minimum absolute atomic E-state index is 0.381. The van der Waals surface area contributed by atoms with Crippen molar-refractivity contribution in [2.24, 2.45) is 0 Å². The summed E-state index contributed by atoms with van der Waals surface area (Å²) in [6.45, 7) is 1.09. The van der Waals surface area contributed by atoms with Gasteiger partial charge in [0.1, 0.15) is 5.82 Å². The first kappa shape index (κ1) is 26.6. The molecule has 14 heteroatoms. The predicted molar refractivity (Wildman–Crippen MR) is 107 cm³/mol. The summed E-state index contributed by atoms with van der Waals surface area (Å²) in [6.07, 6.45) is -4.14. The fourth-order valence-electron chi connectivity index (χ4n) is 2.84. The number of pyridine rings is 1. The molecule has 4 rings (SSSR count). The number of imidazole rings is 1. The number of aliphatic carboxylic acids is 2. The molecule has 1 aliphatic heterocycles. The normalized spacial score (nSPS) is 15.6. The van der Waals surface area contributed by atoms with Crippen molar-refractivity contribution in [1.82, 2.24) is 20.3 Å². The van der Waals surface area contributed by atoms with E-state index in [1.54, 1.807) is 0 Å². The zero-order chi connectivity index (χ0) is 25.5. The Labute approximate surface area is 187 Å². The minimum Gasteiger partial charge on any atom is -0.475 e. The Morgan fingerprint density at radius 2 is 1.47 bits per heavy atom. The zero-order valence-corrected chi connectivity index (χ0v) is 17.1. The standard InChI is InChI=1S/C16H16N4.2C2HF3O2/c1-2-14(18-7-1)16-19-13-4-3-12(10-15(13)20-16)11-5-8-17-9-6-11;2*3-2(4,5)1(6)7/h3-6,8-10,14,18H,1-2,7H2,(H,19,20);2*(H,6,7)/t14-;;/m0../s1. The van der Waals surface area contributed by atoms with Gasteiger partial charge in [0.15, 0.2) is 0 Å². The van der Waals surface area contributed by atoms with Crippen LogP contribution in [0.15, 0.2) is 42.7 Å². The molecule has 1 atom stereocenters. The van der Waals surface area contributed by atoms with Gasteiger partial charge < -0.3 is 20.5 Å². The topological polar surface area (TPSA) is 128 Å². The van der Waals surface area contributed by atoms with E-state index >= 15 is 0 Å². The number of carboxylic acid groups (broad SMARTS) is 2. The van der Waals surface area contributed by atoms with Crippen LogP contribution in [-0.2, 0) is 9.59 Å². The molecule has 184 valence electrons. The lowest BCUT2D eigenvalue weighted by molar-refractivity contribution is -0.193. The second kappa shape index (κ2) is 11.0. The van der Waals surface area contributed by atoms with Crippen molar-refractivity contribution in [2.45, 2.75) is 31.2 Å². The fourth-order valence-corrected chi connectivity index (χ4v) is 2.84. The summed E-state index contributed by atoms with van der Waals surface area (Å²) in [4.78, 5) is 30.0. The average Bonchev–Trinajstić information content (AvgIpc) is 3.43. The van der Waals surface area contributed by atoms with E-state index in [0.717, 1.165) is 29.8 Å². The second-order valence-electron chi connectivity index (χ2n) is 6.84. The van der Waals surface area contributed by atoms with Crippen LogP contribution in [0.5, 0.6) is 0 Å². The maximum atomic E-state index is 10.6. The summed E-state index contributed by atoms with van der Waals surface area (Å²) in [6, 6.07) is 10.8. The van der Waals surface area contributed by atoms with E-state index in [0.29, 0.717) is 6.04 Å². The van der Waals surface area contributed by atoms with Gasteiger partial charge in [0.2, 0.25) is 0 Å². The number of nitrogens with one attached hydrogen (secondary N) is 2. The minimum atomic E-state index is -5.08. The molecule has 1 aromatic carbocycles.